The normalized spacial score (nSPS) is 19.1. The van der Waals surface area contributed by atoms with Crippen LogP contribution in [0.25, 0.3) is 10.2 Å². The number of aliphatic hydroxyl groups is 1. The van der Waals surface area contributed by atoms with Crippen LogP contribution < -0.4 is 5.32 Å². The predicted molar refractivity (Wildman–Crippen MR) is 123 cm³/mol. The van der Waals surface area contributed by atoms with Crippen LogP contribution in [0.15, 0.2) is 30.3 Å². The number of hydrogen-bond donors (Lipinski definition) is 2. The van der Waals surface area contributed by atoms with Crippen LogP contribution in [0.1, 0.15) is 78.6 Å². The molecular formula is C24H25F2N3O3S. The van der Waals surface area contributed by atoms with Gasteiger partial charge in [-0.25, -0.2) is 18.7 Å². The van der Waals surface area contributed by atoms with E-state index in [1.807, 2.05) is 0 Å². The van der Waals surface area contributed by atoms with Crippen LogP contribution in [0, 0.1) is 5.92 Å². The van der Waals surface area contributed by atoms with Gasteiger partial charge < -0.3 is 15.2 Å². The van der Waals surface area contributed by atoms with Gasteiger partial charge in [-0.05, 0) is 63.8 Å². The van der Waals surface area contributed by atoms with Crippen molar-refractivity contribution >= 4 is 39.4 Å². The third-order valence-corrected chi connectivity index (χ3v) is 7.17. The molecule has 33 heavy (non-hydrogen) atoms. The number of amides is 1. The van der Waals surface area contributed by atoms with Gasteiger partial charge in [0.15, 0.2) is 0 Å². The molecule has 0 unspecified atom stereocenters. The number of aldehydes is 1. The highest BCUT2D eigenvalue weighted by Gasteiger charge is 2.27. The second-order valence-corrected chi connectivity index (χ2v) is 9.99. The number of halogens is 2. The van der Waals surface area contributed by atoms with Crippen molar-refractivity contribution < 1.29 is 23.5 Å². The Morgan fingerprint density at radius 2 is 1.94 bits per heavy atom. The van der Waals surface area contributed by atoms with Crippen molar-refractivity contribution in [2.24, 2.45) is 5.92 Å². The van der Waals surface area contributed by atoms with Crippen molar-refractivity contribution in [3.8, 4) is 0 Å². The average molecular weight is 474 g/mol. The molecule has 174 valence electrons. The number of carbonyl (C=O) groups excluding carboxylic acids is 2. The molecule has 2 heterocycles. The van der Waals surface area contributed by atoms with Gasteiger partial charge in [0.25, 0.3) is 12.3 Å². The third-order valence-electron chi connectivity index (χ3n) is 5.99. The van der Waals surface area contributed by atoms with Gasteiger partial charge >= 0.3 is 0 Å². The second kappa shape index (κ2) is 9.23. The average Bonchev–Trinajstić information content (AvgIpc) is 3.21. The number of pyridine rings is 1. The monoisotopic (exact) mass is 473 g/mol. The summed E-state index contributed by atoms with van der Waals surface area (Å²) in [6.45, 7) is 3.21. The molecule has 1 aliphatic carbocycles. The second-order valence-electron chi connectivity index (χ2n) is 8.93. The summed E-state index contributed by atoms with van der Waals surface area (Å²) in [5.74, 6) is -0.237. The fraction of sp³-hybridized carbons (Fsp3) is 0.417. The minimum absolute atomic E-state index is 0.122. The summed E-state index contributed by atoms with van der Waals surface area (Å²) < 4.78 is 26.8. The zero-order valence-electron chi connectivity index (χ0n) is 18.3. The molecule has 0 atom stereocenters. The van der Waals surface area contributed by atoms with E-state index in [1.165, 1.54) is 23.5 Å². The molecule has 1 aromatic carbocycles. The van der Waals surface area contributed by atoms with Crippen molar-refractivity contribution in [3.05, 3.63) is 52.3 Å². The summed E-state index contributed by atoms with van der Waals surface area (Å²) >= 11 is 1.53. The number of thiazole rings is 1. The van der Waals surface area contributed by atoms with E-state index in [-0.39, 0.29) is 17.5 Å². The van der Waals surface area contributed by atoms with E-state index in [9.17, 15) is 23.5 Å². The molecule has 2 aromatic heterocycles. The topological polar surface area (TPSA) is 92.2 Å². The third kappa shape index (κ3) is 5.09. The van der Waals surface area contributed by atoms with Crippen LogP contribution in [0.2, 0.25) is 0 Å². The molecule has 4 rings (SSSR count). The Balaban J connectivity index is 1.66. The fourth-order valence-corrected chi connectivity index (χ4v) is 5.32. The lowest BCUT2D eigenvalue weighted by Gasteiger charge is -2.23. The molecule has 3 aromatic rings. The van der Waals surface area contributed by atoms with E-state index in [0.29, 0.717) is 11.3 Å². The first-order chi connectivity index (χ1) is 15.7. The van der Waals surface area contributed by atoms with Crippen LogP contribution in [0.5, 0.6) is 0 Å². The Morgan fingerprint density at radius 1 is 1.21 bits per heavy atom. The van der Waals surface area contributed by atoms with Crippen molar-refractivity contribution in [3.63, 3.8) is 0 Å². The lowest BCUT2D eigenvalue weighted by atomic mass is 9.83. The number of hydrogen-bond acceptors (Lipinski definition) is 6. The van der Waals surface area contributed by atoms with Crippen molar-refractivity contribution in [2.45, 2.75) is 57.5 Å². The Hall–Kier alpha value is -2.78. The van der Waals surface area contributed by atoms with Crippen molar-refractivity contribution in [1.82, 2.24) is 9.97 Å². The molecule has 9 heteroatoms. The molecule has 0 aliphatic heterocycles. The Labute approximate surface area is 194 Å². The number of rotatable bonds is 6. The standard InChI is InChI=1S/C24H25F2N3O3S/c1-24(2,32)15-10-19-20(33-23(29-19)14-8-6-13(12-30)7-9-14)11-18(15)28-22(31)17-5-3-4-16(27-17)21(25)26/h3-5,10-14,21,32H,6-9H2,1-2H3,(H,28,31). The van der Waals surface area contributed by atoms with Gasteiger partial charge in [-0.3, -0.25) is 4.79 Å². The van der Waals surface area contributed by atoms with E-state index in [4.69, 9.17) is 4.98 Å². The van der Waals surface area contributed by atoms with Gasteiger partial charge in [0.2, 0.25) is 0 Å². The predicted octanol–water partition coefficient (Wildman–Crippen LogP) is 5.58. The van der Waals surface area contributed by atoms with Crippen LogP contribution in [0.4, 0.5) is 14.5 Å². The molecule has 0 spiro atoms. The Kier molecular flexibility index (Phi) is 6.54. The summed E-state index contributed by atoms with van der Waals surface area (Å²) in [5, 5.41) is 14.4. The largest absolute Gasteiger partial charge is 0.386 e. The molecule has 1 saturated carbocycles. The summed E-state index contributed by atoms with van der Waals surface area (Å²) in [6, 6.07) is 7.40. The van der Waals surface area contributed by atoms with E-state index in [0.717, 1.165) is 53.3 Å². The first-order valence-electron chi connectivity index (χ1n) is 10.8. The number of aromatic nitrogens is 2. The molecule has 1 fully saturated rings. The van der Waals surface area contributed by atoms with Gasteiger partial charge in [-0.2, -0.15) is 0 Å². The van der Waals surface area contributed by atoms with Crippen LogP contribution in [-0.4, -0.2) is 27.3 Å². The number of benzene rings is 1. The van der Waals surface area contributed by atoms with E-state index < -0.39 is 23.6 Å². The zero-order chi connectivity index (χ0) is 23.8. The van der Waals surface area contributed by atoms with Gasteiger partial charge in [-0.15, -0.1) is 11.3 Å². The van der Waals surface area contributed by atoms with Gasteiger partial charge in [0, 0.05) is 23.1 Å². The van der Waals surface area contributed by atoms with Crippen molar-refractivity contribution in [1.29, 1.82) is 0 Å². The van der Waals surface area contributed by atoms with E-state index in [1.54, 1.807) is 26.0 Å². The van der Waals surface area contributed by atoms with Gasteiger partial charge in [0.1, 0.15) is 17.7 Å². The van der Waals surface area contributed by atoms with E-state index >= 15 is 0 Å². The molecule has 6 nitrogen and oxygen atoms in total. The number of alkyl halides is 2. The lowest BCUT2D eigenvalue weighted by molar-refractivity contribution is -0.111. The lowest BCUT2D eigenvalue weighted by Crippen LogP contribution is -2.21. The Morgan fingerprint density at radius 3 is 2.58 bits per heavy atom. The maximum atomic E-state index is 13.0. The van der Waals surface area contributed by atoms with Gasteiger partial charge in [-0.1, -0.05) is 6.07 Å². The smallest absolute Gasteiger partial charge is 0.280 e. The molecule has 1 amide bonds. The Bertz CT molecular complexity index is 1180. The summed E-state index contributed by atoms with van der Waals surface area (Å²) in [6.07, 6.45) is 1.76. The number of anilines is 1. The molecule has 0 radical (unpaired) electrons. The number of nitrogens with zero attached hydrogens (tertiary/aromatic N) is 2. The summed E-state index contributed by atoms with van der Waals surface area (Å²) in [4.78, 5) is 32.3. The molecule has 0 saturated heterocycles. The van der Waals surface area contributed by atoms with Crippen molar-refractivity contribution in [2.75, 3.05) is 5.32 Å². The van der Waals surface area contributed by atoms with Crippen LogP contribution >= 0.6 is 11.3 Å². The van der Waals surface area contributed by atoms with Crippen LogP contribution in [-0.2, 0) is 10.4 Å². The maximum absolute atomic E-state index is 13.0. The number of fused-ring (bicyclic) bond motifs is 1. The van der Waals surface area contributed by atoms with Crippen LogP contribution in [0.3, 0.4) is 0 Å². The van der Waals surface area contributed by atoms with E-state index in [2.05, 4.69) is 10.3 Å². The SMILES string of the molecule is CC(C)(O)c1cc2nc(C3CCC(C=O)CC3)sc2cc1NC(=O)c1cccc(C(F)F)n1. The first-order valence-corrected chi connectivity index (χ1v) is 11.7. The fourth-order valence-electron chi connectivity index (χ4n) is 4.16. The number of carbonyl (C=O) groups is 2. The first kappa shape index (κ1) is 23.4. The zero-order valence-corrected chi connectivity index (χ0v) is 19.2. The highest BCUT2D eigenvalue weighted by atomic mass is 32.1. The number of nitrogens with one attached hydrogen (secondary N) is 1. The molecule has 2 N–H and O–H groups in total. The highest BCUT2D eigenvalue weighted by Crippen LogP contribution is 2.41. The molecule has 0 bridgehead atoms. The van der Waals surface area contributed by atoms with Gasteiger partial charge in [0.05, 0.1) is 20.8 Å². The minimum atomic E-state index is -2.78. The minimum Gasteiger partial charge on any atom is -0.386 e. The maximum Gasteiger partial charge on any atom is 0.280 e. The quantitative estimate of drug-likeness (QED) is 0.456. The summed E-state index contributed by atoms with van der Waals surface area (Å²) in [5.41, 5.74) is -0.316. The summed E-state index contributed by atoms with van der Waals surface area (Å²) in [7, 11) is 0. The molecule has 1 aliphatic rings. The highest BCUT2D eigenvalue weighted by molar-refractivity contribution is 7.18. The molecular weight excluding hydrogens is 448 g/mol.